The Morgan fingerprint density at radius 2 is 1.72 bits per heavy atom. The van der Waals surface area contributed by atoms with Crippen molar-refractivity contribution in [3.05, 3.63) is 59.7 Å². The van der Waals surface area contributed by atoms with Crippen molar-refractivity contribution in [2.75, 3.05) is 45.2 Å². The summed E-state index contributed by atoms with van der Waals surface area (Å²) >= 11 is 0. The van der Waals surface area contributed by atoms with E-state index in [0.717, 1.165) is 24.3 Å². The number of amides is 2. The van der Waals surface area contributed by atoms with E-state index < -0.39 is 0 Å². The Bertz CT molecular complexity index is 942. The number of nitrogens with one attached hydrogen (secondary N) is 1. The minimum atomic E-state index is -0.155. The van der Waals surface area contributed by atoms with Gasteiger partial charge in [-0.2, -0.15) is 0 Å². The fourth-order valence-corrected chi connectivity index (χ4v) is 3.87. The number of para-hydroxylation sites is 1. The molecule has 1 fully saturated rings. The summed E-state index contributed by atoms with van der Waals surface area (Å²) in [5, 5.41) is 2.85. The van der Waals surface area contributed by atoms with Gasteiger partial charge in [0.05, 0.1) is 19.3 Å². The van der Waals surface area contributed by atoms with Crippen molar-refractivity contribution >= 4 is 23.3 Å². The first-order valence-corrected chi connectivity index (χ1v) is 11.0. The zero-order chi connectivity index (χ0) is 22.9. The summed E-state index contributed by atoms with van der Waals surface area (Å²) in [5.74, 6) is 0.710. The van der Waals surface area contributed by atoms with Gasteiger partial charge < -0.3 is 15.0 Å². The van der Waals surface area contributed by atoms with Gasteiger partial charge in [0, 0.05) is 38.2 Å². The van der Waals surface area contributed by atoms with Gasteiger partial charge >= 0.3 is 0 Å². The molecule has 32 heavy (non-hydrogen) atoms. The molecule has 7 nitrogen and oxygen atoms in total. The van der Waals surface area contributed by atoms with Gasteiger partial charge in [0.15, 0.2) is 5.78 Å². The number of anilines is 1. The van der Waals surface area contributed by atoms with Crippen molar-refractivity contribution in [3.63, 3.8) is 0 Å². The number of hydrogen-bond acceptors (Lipinski definition) is 5. The van der Waals surface area contributed by atoms with E-state index in [1.165, 1.54) is 6.92 Å². The topological polar surface area (TPSA) is 79.0 Å². The van der Waals surface area contributed by atoms with E-state index in [1.54, 1.807) is 31.4 Å². The van der Waals surface area contributed by atoms with E-state index in [4.69, 9.17) is 4.74 Å². The first-order chi connectivity index (χ1) is 15.5. The van der Waals surface area contributed by atoms with Crippen LogP contribution in [-0.4, -0.2) is 67.2 Å². The fraction of sp³-hybridized carbons (Fsp3) is 0.400. The Balaban J connectivity index is 1.46. The van der Waals surface area contributed by atoms with Gasteiger partial charge in [-0.05, 0) is 49.6 Å². The summed E-state index contributed by atoms with van der Waals surface area (Å²) in [5.41, 5.74) is 2.15. The number of carbonyl (C=O) groups excluding carboxylic acids is 3. The van der Waals surface area contributed by atoms with E-state index in [9.17, 15) is 14.4 Å². The van der Waals surface area contributed by atoms with Crippen LogP contribution in [0.25, 0.3) is 0 Å². The van der Waals surface area contributed by atoms with Gasteiger partial charge in [0.2, 0.25) is 11.8 Å². The lowest BCUT2D eigenvalue weighted by molar-refractivity contribution is -0.131. The molecule has 0 radical (unpaired) electrons. The van der Waals surface area contributed by atoms with E-state index in [-0.39, 0.29) is 24.1 Å². The van der Waals surface area contributed by atoms with Crippen molar-refractivity contribution in [2.24, 2.45) is 0 Å². The summed E-state index contributed by atoms with van der Waals surface area (Å²) < 4.78 is 5.17. The number of nitrogens with zero attached hydrogens (tertiary/aromatic N) is 2. The minimum absolute atomic E-state index is 0.0838. The normalized spacial score (nSPS) is 14.5. The largest absolute Gasteiger partial charge is 0.497 e. The lowest BCUT2D eigenvalue weighted by Crippen LogP contribution is -2.38. The van der Waals surface area contributed by atoms with Crippen molar-refractivity contribution < 1.29 is 19.1 Å². The molecule has 2 aromatic rings. The van der Waals surface area contributed by atoms with Gasteiger partial charge in [0.1, 0.15) is 5.75 Å². The highest BCUT2D eigenvalue weighted by Crippen LogP contribution is 2.16. The summed E-state index contributed by atoms with van der Waals surface area (Å²) in [6, 6.07) is 14.8. The Morgan fingerprint density at radius 1 is 0.969 bits per heavy atom. The maximum atomic E-state index is 12.7. The highest BCUT2D eigenvalue weighted by molar-refractivity contribution is 6.04. The van der Waals surface area contributed by atoms with Crippen molar-refractivity contribution in [3.8, 4) is 5.75 Å². The molecule has 0 bridgehead atoms. The third-order valence-electron chi connectivity index (χ3n) is 5.68. The first kappa shape index (κ1) is 23.5. The predicted octanol–water partition coefficient (Wildman–Crippen LogP) is 3.00. The Hall–Kier alpha value is -3.19. The number of ketones is 1. The van der Waals surface area contributed by atoms with Crippen LogP contribution in [0.5, 0.6) is 5.75 Å². The van der Waals surface area contributed by atoms with Gasteiger partial charge in [-0.25, -0.2) is 0 Å². The molecule has 170 valence electrons. The maximum Gasteiger partial charge on any atom is 0.238 e. The van der Waals surface area contributed by atoms with Gasteiger partial charge in [-0.15, -0.1) is 0 Å². The molecule has 2 amide bonds. The molecule has 1 saturated heterocycles. The molecule has 0 spiro atoms. The summed E-state index contributed by atoms with van der Waals surface area (Å²) in [6.07, 6.45) is 1.99. The molecule has 0 atom stereocenters. The van der Waals surface area contributed by atoms with Crippen LogP contribution in [0, 0.1) is 0 Å². The van der Waals surface area contributed by atoms with Crippen LogP contribution in [0.1, 0.15) is 35.7 Å². The molecule has 2 aromatic carbocycles. The van der Waals surface area contributed by atoms with E-state index >= 15 is 0 Å². The van der Waals surface area contributed by atoms with Gasteiger partial charge in [-0.3, -0.25) is 19.3 Å². The lowest BCUT2D eigenvalue weighted by atomic mass is 10.1. The molecule has 0 saturated carbocycles. The summed E-state index contributed by atoms with van der Waals surface area (Å²) in [7, 11) is 1.63. The van der Waals surface area contributed by atoms with E-state index in [0.29, 0.717) is 43.7 Å². The number of aryl methyl sites for hydroxylation is 1. The second-order valence-electron chi connectivity index (χ2n) is 8.01. The highest BCUT2D eigenvalue weighted by atomic mass is 16.5. The zero-order valence-corrected chi connectivity index (χ0v) is 18.8. The van der Waals surface area contributed by atoms with Crippen molar-refractivity contribution in [1.29, 1.82) is 0 Å². The molecule has 0 aliphatic carbocycles. The SMILES string of the molecule is COc1ccc(CCC(=O)N2CCCN(CC(=O)Nc3ccccc3C(C)=O)CC2)cc1. The third-order valence-corrected chi connectivity index (χ3v) is 5.68. The Morgan fingerprint density at radius 3 is 2.44 bits per heavy atom. The van der Waals surface area contributed by atoms with Crippen LogP contribution in [0.4, 0.5) is 5.69 Å². The Kier molecular flexibility index (Phi) is 8.39. The Labute approximate surface area is 189 Å². The monoisotopic (exact) mass is 437 g/mol. The third kappa shape index (κ3) is 6.65. The van der Waals surface area contributed by atoms with Crippen molar-refractivity contribution in [1.82, 2.24) is 9.80 Å². The second-order valence-corrected chi connectivity index (χ2v) is 8.01. The molecule has 1 aliphatic heterocycles. The summed E-state index contributed by atoms with van der Waals surface area (Å²) in [6.45, 7) is 4.44. The molecule has 0 unspecified atom stereocenters. The van der Waals surface area contributed by atoms with Crippen LogP contribution < -0.4 is 10.1 Å². The standard InChI is InChI=1S/C25H31N3O4/c1-19(29)22-6-3-4-7-23(22)26-24(30)18-27-14-5-15-28(17-16-27)25(31)13-10-20-8-11-21(32-2)12-9-20/h3-4,6-9,11-12H,5,10,13-18H2,1-2H3,(H,26,30). The molecular formula is C25H31N3O4. The zero-order valence-electron chi connectivity index (χ0n) is 18.8. The number of benzene rings is 2. The van der Waals surface area contributed by atoms with Crippen LogP contribution >= 0.6 is 0 Å². The first-order valence-electron chi connectivity index (χ1n) is 11.0. The summed E-state index contributed by atoms with van der Waals surface area (Å²) in [4.78, 5) is 40.9. The van der Waals surface area contributed by atoms with Gasteiger partial charge in [0.25, 0.3) is 0 Å². The molecule has 3 rings (SSSR count). The van der Waals surface area contributed by atoms with Crippen LogP contribution in [0.15, 0.2) is 48.5 Å². The maximum absolute atomic E-state index is 12.7. The second kappa shape index (κ2) is 11.4. The average Bonchev–Trinajstić information content (AvgIpc) is 3.03. The molecule has 1 aliphatic rings. The quantitative estimate of drug-likeness (QED) is 0.643. The van der Waals surface area contributed by atoms with Crippen LogP contribution in [0.2, 0.25) is 0 Å². The highest BCUT2D eigenvalue weighted by Gasteiger charge is 2.21. The fourth-order valence-electron chi connectivity index (χ4n) is 3.87. The molecule has 1 heterocycles. The average molecular weight is 438 g/mol. The van der Waals surface area contributed by atoms with Crippen LogP contribution in [0.3, 0.4) is 0 Å². The smallest absolute Gasteiger partial charge is 0.238 e. The minimum Gasteiger partial charge on any atom is -0.497 e. The number of Topliss-reactive ketones (excluding diaryl/α,β-unsaturated/α-hetero) is 1. The number of hydrogen-bond donors (Lipinski definition) is 1. The number of methoxy groups -OCH3 is 1. The number of carbonyl (C=O) groups is 3. The van der Waals surface area contributed by atoms with E-state index in [2.05, 4.69) is 10.2 Å². The number of rotatable bonds is 8. The predicted molar refractivity (Wildman–Crippen MR) is 124 cm³/mol. The molecule has 7 heteroatoms. The molecular weight excluding hydrogens is 406 g/mol. The molecule has 0 aromatic heterocycles. The molecule has 1 N–H and O–H groups in total. The van der Waals surface area contributed by atoms with Gasteiger partial charge in [-0.1, -0.05) is 24.3 Å². The van der Waals surface area contributed by atoms with Crippen molar-refractivity contribution in [2.45, 2.75) is 26.2 Å². The lowest BCUT2D eigenvalue weighted by Gasteiger charge is -2.22. The van der Waals surface area contributed by atoms with Crippen LogP contribution in [-0.2, 0) is 16.0 Å². The number of ether oxygens (including phenoxy) is 1. The van der Waals surface area contributed by atoms with E-state index in [1.807, 2.05) is 29.2 Å².